The van der Waals surface area contributed by atoms with Gasteiger partial charge in [-0.3, -0.25) is 8.37 Å². The van der Waals surface area contributed by atoms with Gasteiger partial charge in [0.2, 0.25) is 0 Å². The summed E-state index contributed by atoms with van der Waals surface area (Å²) in [6, 6.07) is 0. The Kier molecular flexibility index (Phi) is 3.38. The summed E-state index contributed by atoms with van der Waals surface area (Å²) in [5, 5.41) is 0. The van der Waals surface area contributed by atoms with Gasteiger partial charge in [0, 0.05) is 0 Å². The van der Waals surface area contributed by atoms with Crippen molar-refractivity contribution in [2.75, 3.05) is 14.2 Å². The van der Waals surface area contributed by atoms with Crippen molar-refractivity contribution in [1.29, 1.82) is 0 Å². The average Bonchev–Trinajstić information content (AvgIpc) is 1.86. The van der Waals surface area contributed by atoms with Crippen LogP contribution in [-0.2, 0) is 29.0 Å². The lowest BCUT2D eigenvalue weighted by Gasteiger charge is -2.01. The van der Waals surface area contributed by atoms with Gasteiger partial charge >= 0.3 is 20.6 Å². The Hall–Kier alpha value is -0.220. The minimum atomic E-state index is -4.25. The largest absolute Gasteiger partial charge is 0.350 e. The lowest BCUT2D eigenvalue weighted by atomic mass is 11.8. The van der Waals surface area contributed by atoms with Crippen LogP contribution in [0.1, 0.15) is 0 Å². The third-order valence-corrected chi connectivity index (χ3v) is 3.15. The van der Waals surface area contributed by atoms with Crippen LogP contribution in [0.2, 0.25) is 0 Å². The molecule has 1 N–H and O–H groups in total. The van der Waals surface area contributed by atoms with Gasteiger partial charge in [-0.25, -0.2) is 0 Å². The first-order valence-electron chi connectivity index (χ1n) is 2.22. The summed E-state index contributed by atoms with van der Waals surface area (Å²) in [7, 11) is -6.88. The number of hydrogen-bond donors (Lipinski definition) is 1. The molecule has 0 atom stereocenters. The molecule has 0 radical (unpaired) electrons. The minimum absolute atomic E-state index is 0.813. The van der Waals surface area contributed by atoms with Crippen molar-refractivity contribution in [3.05, 3.63) is 0 Å². The van der Waals surface area contributed by atoms with Gasteiger partial charge in [-0.2, -0.15) is 16.8 Å². The van der Waals surface area contributed by atoms with Crippen molar-refractivity contribution in [2.45, 2.75) is 0 Å². The summed E-state index contributed by atoms with van der Waals surface area (Å²) < 4.78 is 50.2. The Morgan fingerprint density at radius 2 is 1.18 bits per heavy atom. The fourth-order valence-electron chi connectivity index (χ4n) is 0.193. The second-order valence-corrected chi connectivity index (χ2v) is 4.47. The fraction of sp³-hybridized carbons (Fsp3) is 1.00. The molecule has 0 bridgehead atoms. The SMILES string of the molecule is COS(=O)(=O)NS(=O)(=O)OC. The van der Waals surface area contributed by atoms with E-state index in [0.717, 1.165) is 18.3 Å². The van der Waals surface area contributed by atoms with Crippen molar-refractivity contribution >= 4 is 20.6 Å². The topological polar surface area (TPSA) is 98.8 Å². The predicted molar refractivity (Wildman–Crippen MR) is 35.0 cm³/mol. The first kappa shape index (κ1) is 10.8. The Morgan fingerprint density at radius 3 is 1.36 bits per heavy atom. The normalized spacial score (nSPS) is 13.3. The Morgan fingerprint density at radius 1 is 0.909 bits per heavy atom. The zero-order valence-electron chi connectivity index (χ0n) is 5.77. The van der Waals surface area contributed by atoms with E-state index in [2.05, 4.69) is 8.37 Å². The van der Waals surface area contributed by atoms with Crippen LogP contribution >= 0.6 is 0 Å². The lowest BCUT2D eigenvalue weighted by molar-refractivity contribution is 0.375. The smallest absolute Gasteiger partial charge is 0.261 e. The maximum Gasteiger partial charge on any atom is 0.350 e. The van der Waals surface area contributed by atoms with Gasteiger partial charge in [-0.15, -0.1) is 0 Å². The summed E-state index contributed by atoms with van der Waals surface area (Å²) in [5.41, 5.74) is 0. The molecule has 0 aliphatic carbocycles. The molecular formula is C2H7NO6S2. The maximum atomic E-state index is 10.4. The summed E-state index contributed by atoms with van der Waals surface area (Å²) in [5.74, 6) is 0. The first-order valence-corrected chi connectivity index (χ1v) is 5.04. The number of rotatable bonds is 4. The molecule has 7 nitrogen and oxygen atoms in total. The van der Waals surface area contributed by atoms with Crippen LogP contribution in [0.4, 0.5) is 0 Å². The Labute approximate surface area is 64.8 Å². The summed E-state index contributed by atoms with van der Waals surface area (Å²) in [6.45, 7) is 0. The molecule has 11 heavy (non-hydrogen) atoms. The van der Waals surface area contributed by atoms with Gasteiger partial charge in [0.15, 0.2) is 0 Å². The molecule has 0 aliphatic heterocycles. The van der Waals surface area contributed by atoms with E-state index in [0.29, 0.717) is 0 Å². The second kappa shape index (κ2) is 3.45. The molecule has 0 aromatic heterocycles. The van der Waals surface area contributed by atoms with E-state index < -0.39 is 20.6 Å². The molecule has 0 amide bonds. The van der Waals surface area contributed by atoms with Crippen molar-refractivity contribution in [3.63, 3.8) is 0 Å². The molecule has 0 aliphatic rings. The average molecular weight is 205 g/mol. The molecule has 0 spiro atoms. The molecule has 0 heterocycles. The van der Waals surface area contributed by atoms with Gasteiger partial charge in [0.05, 0.1) is 14.2 Å². The van der Waals surface area contributed by atoms with E-state index >= 15 is 0 Å². The first-order chi connectivity index (χ1) is 4.83. The molecule has 0 saturated heterocycles. The molecule has 0 aromatic rings. The van der Waals surface area contributed by atoms with Crippen LogP contribution in [0.25, 0.3) is 0 Å². The third kappa shape index (κ3) is 4.27. The van der Waals surface area contributed by atoms with E-state index in [1.807, 2.05) is 0 Å². The molecule has 68 valence electrons. The van der Waals surface area contributed by atoms with Crippen LogP contribution in [0.5, 0.6) is 0 Å². The van der Waals surface area contributed by atoms with Gasteiger partial charge < -0.3 is 0 Å². The van der Waals surface area contributed by atoms with Crippen molar-refractivity contribution < 1.29 is 25.2 Å². The van der Waals surface area contributed by atoms with E-state index in [4.69, 9.17) is 0 Å². The van der Waals surface area contributed by atoms with Gasteiger partial charge in [0.1, 0.15) is 0 Å². The highest BCUT2D eigenvalue weighted by molar-refractivity contribution is 8.00. The quantitative estimate of drug-likeness (QED) is 0.591. The van der Waals surface area contributed by atoms with Crippen LogP contribution in [-0.4, -0.2) is 31.1 Å². The van der Waals surface area contributed by atoms with Crippen molar-refractivity contribution in [3.8, 4) is 0 Å². The molecule has 0 unspecified atom stereocenters. The predicted octanol–water partition coefficient (Wildman–Crippen LogP) is -1.64. The number of hydrogen-bond acceptors (Lipinski definition) is 6. The molecule has 0 saturated carbocycles. The highest BCUT2D eigenvalue weighted by atomic mass is 32.3. The van der Waals surface area contributed by atoms with Crippen LogP contribution in [0, 0.1) is 0 Å². The highest BCUT2D eigenvalue weighted by Crippen LogP contribution is 1.90. The molecule has 9 heteroatoms. The van der Waals surface area contributed by atoms with E-state index in [1.165, 1.54) is 0 Å². The van der Waals surface area contributed by atoms with Gasteiger partial charge in [-0.1, -0.05) is 4.13 Å². The van der Waals surface area contributed by atoms with E-state index in [-0.39, 0.29) is 0 Å². The molecule has 0 rings (SSSR count). The van der Waals surface area contributed by atoms with Crippen LogP contribution in [0.15, 0.2) is 0 Å². The zero-order chi connectivity index (χ0) is 9.12. The highest BCUT2D eigenvalue weighted by Gasteiger charge is 2.18. The van der Waals surface area contributed by atoms with Crippen LogP contribution in [0.3, 0.4) is 0 Å². The van der Waals surface area contributed by atoms with Crippen molar-refractivity contribution in [1.82, 2.24) is 4.13 Å². The molecule has 0 fully saturated rings. The fourth-order valence-corrected chi connectivity index (χ4v) is 1.74. The van der Waals surface area contributed by atoms with E-state index in [9.17, 15) is 16.8 Å². The molecular weight excluding hydrogens is 198 g/mol. The van der Waals surface area contributed by atoms with Crippen molar-refractivity contribution in [2.24, 2.45) is 0 Å². The summed E-state index contributed by atoms with van der Waals surface area (Å²) >= 11 is 0. The summed E-state index contributed by atoms with van der Waals surface area (Å²) in [4.78, 5) is 0. The Balaban J connectivity index is 4.54. The standard InChI is InChI=1S/C2H7NO6S2/c1-8-10(4,5)3-11(6,7)9-2/h3H,1-2H3. The Bertz CT molecular complexity index is 267. The van der Waals surface area contributed by atoms with E-state index in [1.54, 1.807) is 0 Å². The zero-order valence-corrected chi connectivity index (χ0v) is 7.40. The third-order valence-electron chi connectivity index (χ3n) is 0.643. The maximum absolute atomic E-state index is 10.4. The van der Waals surface area contributed by atoms with Crippen LogP contribution < -0.4 is 4.13 Å². The van der Waals surface area contributed by atoms with Gasteiger partial charge in [-0.05, 0) is 0 Å². The number of nitrogens with one attached hydrogen (secondary N) is 1. The lowest BCUT2D eigenvalue weighted by Crippen LogP contribution is -2.31. The minimum Gasteiger partial charge on any atom is -0.261 e. The second-order valence-electron chi connectivity index (χ2n) is 1.32. The molecule has 0 aromatic carbocycles. The summed E-state index contributed by atoms with van der Waals surface area (Å²) in [6.07, 6.45) is 0. The van der Waals surface area contributed by atoms with Gasteiger partial charge in [0.25, 0.3) is 0 Å². The monoisotopic (exact) mass is 205 g/mol.